The average Bonchev–Trinajstić information content (AvgIpc) is 2.78. The molecule has 0 bridgehead atoms. The summed E-state index contributed by atoms with van der Waals surface area (Å²) < 4.78 is 25.5. The Balaban J connectivity index is 1.51. The van der Waals surface area contributed by atoms with E-state index in [1.165, 1.54) is 11.1 Å². The van der Waals surface area contributed by atoms with Gasteiger partial charge in [0.15, 0.2) is 0 Å². The van der Waals surface area contributed by atoms with Crippen LogP contribution in [-0.4, -0.2) is 16.1 Å². The number of hydrogen-bond donors (Lipinski definition) is 0. The average molecular weight is 435 g/mol. The standard InChI is InChI=1S/C27H30O3S/c1-18-10-13-24(14-11-18)31(28)17-23-12-15-25-21(4)26(19(2)20(3)27(25)30-23)29-16-22-8-6-5-7-9-22/h5-11,13-14,23H,12,15-17H2,1-4H3/t23-,31?/m0/s1. The molecule has 2 atom stereocenters. The Morgan fingerprint density at radius 2 is 1.65 bits per heavy atom. The van der Waals surface area contributed by atoms with Crippen LogP contribution in [0.25, 0.3) is 0 Å². The fraction of sp³-hybridized carbons (Fsp3) is 0.333. The highest BCUT2D eigenvalue weighted by atomic mass is 32.2. The van der Waals surface area contributed by atoms with Crippen molar-refractivity contribution in [1.29, 1.82) is 0 Å². The molecule has 4 heteroatoms. The third-order valence-electron chi connectivity index (χ3n) is 6.16. The predicted molar refractivity (Wildman–Crippen MR) is 127 cm³/mol. The fourth-order valence-corrected chi connectivity index (χ4v) is 5.37. The molecule has 1 aliphatic heterocycles. The van der Waals surface area contributed by atoms with Gasteiger partial charge in [-0.05, 0) is 74.9 Å². The summed E-state index contributed by atoms with van der Waals surface area (Å²) in [6.07, 6.45) is 1.74. The van der Waals surface area contributed by atoms with E-state index >= 15 is 0 Å². The van der Waals surface area contributed by atoms with Crippen molar-refractivity contribution in [2.45, 2.75) is 58.1 Å². The van der Waals surface area contributed by atoms with Crippen molar-refractivity contribution in [3.63, 3.8) is 0 Å². The maximum Gasteiger partial charge on any atom is 0.126 e. The van der Waals surface area contributed by atoms with Crippen LogP contribution in [0.4, 0.5) is 0 Å². The third kappa shape index (κ3) is 4.69. The first-order chi connectivity index (χ1) is 14.9. The van der Waals surface area contributed by atoms with Crippen molar-refractivity contribution in [2.75, 3.05) is 5.75 Å². The summed E-state index contributed by atoms with van der Waals surface area (Å²) in [7, 11) is -1.06. The molecule has 0 fully saturated rings. The molecule has 0 N–H and O–H groups in total. The van der Waals surface area contributed by atoms with Crippen LogP contribution >= 0.6 is 0 Å². The predicted octanol–water partition coefficient (Wildman–Crippen LogP) is 6.00. The first-order valence-corrected chi connectivity index (χ1v) is 12.2. The third-order valence-corrected chi connectivity index (χ3v) is 7.63. The van der Waals surface area contributed by atoms with E-state index in [0.29, 0.717) is 12.4 Å². The summed E-state index contributed by atoms with van der Waals surface area (Å²) in [5.74, 6) is 2.44. The fourth-order valence-electron chi connectivity index (χ4n) is 4.17. The van der Waals surface area contributed by atoms with Gasteiger partial charge in [-0.15, -0.1) is 0 Å². The molecule has 0 radical (unpaired) electrons. The lowest BCUT2D eigenvalue weighted by Crippen LogP contribution is -2.29. The van der Waals surface area contributed by atoms with E-state index < -0.39 is 10.8 Å². The van der Waals surface area contributed by atoms with Crippen LogP contribution in [0.5, 0.6) is 11.5 Å². The summed E-state index contributed by atoms with van der Waals surface area (Å²) in [5, 5.41) is 0. The monoisotopic (exact) mass is 434 g/mol. The maximum absolute atomic E-state index is 12.8. The van der Waals surface area contributed by atoms with Crippen LogP contribution in [-0.2, 0) is 23.8 Å². The van der Waals surface area contributed by atoms with Gasteiger partial charge in [0, 0.05) is 10.5 Å². The van der Waals surface area contributed by atoms with Gasteiger partial charge < -0.3 is 9.47 Å². The normalized spacial score (nSPS) is 16.3. The minimum Gasteiger partial charge on any atom is -0.489 e. The molecule has 162 valence electrons. The zero-order valence-electron chi connectivity index (χ0n) is 18.7. The SMILES string of the molecule is Cc1ccc(S(=O)C[C@@H]2CCc3c(C)c(OCc4ccccc4)c(C)c(C)c3O2)cc1. The molecule has 0 aliphatic carbocycles. The molecule has 4 rings (SSSR count). The van der Waals surface area contributed by atoms with E-state index in [4.69, 9.17) is 9.47 Å². The van der Waals surface area contributed by atoms with Gasteiger partial charge in [0.25, 0.3) is 0 Å². The van der Waals surface area contributed by atoms with Gasteiger partial charge in [-0.2, -0.15) is 0 Å². The number of rotatable bonds is 6. The van der Waals surface area contributed by atoms with Gasteiger partial charge in [-0.3, -0.25) is 4.21 Å². The molecule has 3 nitrogen and oxygen atoms in total. The van der Waals surface area contributed by atoms with Crippen molar-refractivity contribution in [3.05, 3.63) is 88.0 Å². The first kappa shape index (κ1) is 21.6. The molecular formula is C27H30O3S. The zero-order chi connectivity index (χ0) is 22.0. The van der Waals surface area contributed by atoms with Crippen molar-refractivity contribution in [3.8, 4) is 11.5 Å². The highest BCUT2D eigenvalue weighted by Gasteiger charge is 2.28. The summed E-state index contributed by atoms with van der Waals surface area (Å²) in [6.45, 7) is 8.92. The van der Waals surface area contributed by atoms with Gasteiger partial charge in [0.2, 0.25) is 0 Å². The lowest BCUT2D eigenvalue weighted by Gasteiger charge is -2.30. The Hall–Kier alpha value is -2.59. The quantitative estimate of drug-likeness (QED) is 0.477. The number of fused-ring (bicyclic) bond motifs is 1. The van der Waals surface area contributed by atoms with Crippen LogP contribution in [0.2, 0.25) is 0 Å². The molecule has 1 aliphatic rings. The summed E-state index contributed by atoms with van der Waals surface area (Å²) in [6, 6.07) is 18.2. The lowest BCUT2D eigenvalue weighted by molar-refractivity contribution is 0.192. The molecule has 3 aromatic rings. The van der Waals surface area contributed by atoms with Crippen molar-refractivity contribution in [2.24, 2.45) is 0 Å². The molecule has 0 saturated heterocycles. The smallest absolute Gasteiger partial charge is 0.126 e. The van der Waals surface area contributed by atoms with E-state index in [0.717, 1.165) is 51.5 Å². The minimum atomic E-state index is -1.06. The number of hydrogen-bond acceptors (Lipinski definition) is 3. The molecule has 0 saturated carbocycles. The Morgan fingerprint density at radius 3 is 2.35 bits per heavy atom. The van der Waals surface area contributed by atoms with Crippen LogP contribution in [0, 0.1) is 27.7 Å². The first-order valence-electron chi connectivity index (χ1n) is 10.8. The minimum absolute atomic E-state index is 0.0387. The Morgan fingerprint density at radius 1 is 0.935 bits per heavy atom. The zero-order valence-corrected chi connectivity index (χ0v) is 19.6. The van der Waals surface area contributed by atoms with Crippen molar-refractivity contribution in [1.82, 2.24) is 0 Å². The Kier molecular flexibility index (Phi) is 6.47. The van der Waals surface area contributed by atoms with Crippen LogP contribution in [0.15, 0.2) is 59.5 Å². The summed E-state index contributed by atoms with van der Waals surface area (Å²) in [5.41, 5.74) is 6.96. The van der Waals surface area contributed by atoms with Gasteiger partial charge in [0.05, 0.1) is 16.6 Å². The number of aryl methyl sites for hydroxylation is 1. The van der Waals surface area contributed by atoms with Crippen LogP contribution in [0.3, 0.4) is 0 Å². The van der Waals surface area contributed by atoms with Gasteiger partial charge in [0.1, 0.15) is 24.2 Å². The lowest BCUT2D eigenvalue weighted by atomic mass is 9.92. The largest absolute Gasteiger partial charge is 0.489 e. The number of ether oxygens (including phenoxy) is 2. The Bertz CT molecular complexity index is 1090. The molecule has 1 unspecified atom stereocenters. The van der Waals surface area contributed by atoms with Crippen molar-refractivity contribution >= 4 is 10.8 Å². The van der Waals surface area contributed by atoms with E-state index in [-0.39, 0.29) is 6.10 Å². The summed E-state index contributed by atoms with van der Waals surface area (Å²) in [4.78, 5) is 0.869. The topological polar surface area (TPSA) is 35.5 Å². The maximum atomic E-state index is 12.8. The molecule has 1 heterocycles. The van der Waals surface area contributed by atoms with E-state index in [2.05, 4.69) is 32.9 Å². The van der Waals surface area contributed by atoms with E-state index in [1.807, 2.05) is 49.4 Å². The summed E-state index contributed by atoms with van der Waals surface area (Å²) >= 11 is 0. The number of benzene rings is 3. The second-order valence-electron chi connectivity index (χ2n) is 8.39. The highest BCUT2D eigenvalue weighted by molar-refractivity contribution is 7.85. The van der Waals surface area contributed by atoms with Gasteiger partial charge >= 0.3 is 0 Å². The second kappa shape index (κ2) is 9.27. The van der Waals surface area contributed by atoms with E-state index in [9.17, 15) is 4.21 Å². The van der Waals surface area contributed by atoms with Crippen LogP contribution in [0.1, 0.15) is 39.8 Å². The molecular weight excluding hydrogens is 404 g/mol. The second-order valence-corrected chi connectivity index (χ2v) is 9.89. The molecule has 0 spiro atoms. The molecule has 31 heavy (non-hydrogen) atoms. The highest BCUT2D eigenvalue weighted by Crippen LogP contribution is 2.41. The van der Waals surface area contributed by atoms with Gasteiger partial charge in [-0.25, -0.2) is 0 Å². The molecule has 3 aromatic carbocycles. The van der Waals surface area contributed by atoms with Crippen LogP contribution < -0.4 is 9.47 Å². The molecule has 0 amide bonds. The van der Waals surface area contributed by atoms with E-state index in [1.54, 1.807) is 0 Å². The van der Waals surface area contributed by atoms with Gasteiger partial charge in [-0.1, -0.05) is 48.0 Å². The van der Waals surface area contributed by atoms with Crippen molar-refractivity contribution < 1.29 is 13.7 Å². The Labute approximate surface area is 187 Å². The molecule has 0 aromatic heterocycles.